The van der Waals surface area contributed by atoms with Gasteiger partial charge in [-0.2, -0.15) is 0 Å². The van der Waals surface area contributed by atoms with Gasteiger partial charge in [0, 0.05) is 19.0 Å². The molecule has 1 unspecified atom stereocenters. The molecule has 0 bridgehead atoms. The second-order valence-corrected chi connectivity index (χ2v) is 7.14. The zero-order chi connectivity index (χ0) is 16.8. The molecular weight excluding hydrogens is 288 g/mol. The van der Waals surface area contributed by atoms with Crippen LogP contribution in [0.2, 0.25) is 0 Å². The normalized spacial score (nSPS) is 17.3. The van der Waals surface area contributed by atoms with Crippen LogP contribution in [-0.2, 0) is 4.79 Å². The van der Waals surface area contributed by atoms with E-state index in [0.717, 1.165) is 37.2 Å². The lowest BCUT2D eigenvalue weighted by molar-refractivity contribution is -0.119. The largest absolute Gasteiger partial charge is 0.355 e. The number of anilines is 2. The van der Waals surface area contributed by atoms with Crippen molar-refractivity contribution in [2.75, 3.05) is 23.3 Å². The van der Waals surface area contributed by atoms with Gasteiger partial charge in [0.15, 0.2) is 11.6 Å². The van der Waals surface area contributed by atoms with Gasteiger partial charge in [0.1, 0.15) is 0 Å². The second-order valence-electron chi connectivity index (χ2n) is 7.14. The molecule has 0 aromatic carbocycles. The van der Waals surface area contributed by atoms with Crippen LogP contribution in [0.3, 0.4) is 0 Å². The Bertz CT molecular complexity index is 492. The molecule has 5 heteroatoms. The number of piperidine rings is 1. The average molecular weight is 318 g/mol. The SMILES string of the molecule is CCC(C)C(=O)Nc1ccc(N2CCC(CC(C)C)CC2)nn1. The van der Waals surface area contributed by atoms with E-state index >= 15 is 0 Å². The van der Waals surface area contributed by atoms with E-state index in [9.17, 15) is 4.79 Å². The van der Waals surface area contributed by atoms with E-state index in [1.807, 2.05) is 26.0 Å². The maximum atomic E-state index is 11.9. The van der Waals surface area contributed by atoms with Gasteiger partial charge in [-0.1, -0.05) is 27.7 Å². The molecule has 1 aliphatic rings. The lowest BCUT2D eigenvalue weighted by atomic mass is 9.89. The summed E-state index contributed by atoms with van der Waals surface area (Å²) in [6.45, 7) is 10.6. The van der Waals surface area contributed by atoms with E-state index in [1.54, 1.807) is 0 Å². The first-order valence-electron chi connectivity index (χ1n) is 8.89. The maximum absolute atomic E-state index is 11.9. The van der Waals surface area contributed by atoms with Crippen molar-refractivity contribution in [1.82, 2.24) is 10.2 Å². The number of rotatable bonds is 6. The van der Waals surface area contributed by atoms with E-state index in [4.69, 9.17) is 0 Å². The van der Waals surface area contributed by atoms with E-state index in [-0.39, 0.29) is 11.8 Å². The molecule has 2 heterocycles. The summed E-state index contributed by atoms with van der Waals surface area (Å²) in [5.74, 6) is 3.07. The number of amides is 1. The summed E-state index contributed by atoms with van der Waals surface area (Å²) in [5.41, 5.74) is 0. The monoisotopic (exact) mass is 318 g/mol. The smallest absolute Gasteiger partial charge is 0.228 e. The molecule has 5 nitrogen and oxygen atoms in total. The fraction of sp³-hybridized carbons (Fsp3) is 0.722. The molecule has 128 valence electrons. The maximum Gasteiger partial charge on any atom is 0.228 e. The van der Waals surface area contributed by atoms with E-state index in [0.29, 0.717) is 5.82 Å². The number of hydrogen-bond acceptors (Lipinski definition) is 4. The first-order valence-corrected chi connectivity index (χ1v) is 8.89. The third kappa shape index (κ3) is 5.19. The highest BCUT2D eigenvalue weighted by Gasteiger charge is 2.21. The van der Waals surface area contributed by atoms with Gasteiger partial charge in [-0.05, 0) is 49.7 Å². The third-order valence-electron chi connectivity index (χ3n) is 4.70. The molecule has 1 aliphatic heterocycles. The van der Waals surface area contributed by atoms with Crippen LogP contribution >= 0.6 is 0 Å². The third-order valence-corrected chi connectivity index (χ3v) is 4.70. The van der Waals surface area contributed by atoms with Gasteiger partial charge in [-0.15, -0.1) is 10.2 Å². The molecule has 1 aromatic rings. The lowest BCUT2D eigenvalue weighted by Gasteiger charge is -2.33. The molecule has 1 saturated heterocycles. The molecule has 23 heavy (non-hydrogen) atoms. The number of nitrogens with zero attached hydrogens (tertiary/aromatic N) is 3. The van der Waals surface area contributed by atoms with Gasteiger partial charge < -0.3 is 10.2 Å². The Labute approximate surface area is 139 Å². The molecule has 0 spiro atoms. The topological polar surface area (TPSA) is 58.1 Å². The standard InChI is InChI=1S/C18H30N4O/c1-5-14(4)18(23)19-16-6-7-17(21-20-16)22-10-8-15(9-11-22)12-13(2)3/h6-7,13-15H,5,8-12H2,1-4H3,(H,19,20,23). The Kier molecular flexibility index (Phi) is 6.37. The number of hydrogen-bond donors (Lipinski definition) is 1. The summed E-state index contributed by atoms with van der Waals surface area (Å²) in [5, 5.41) is 11.3. The molecule has 0 aliphatic carbocycles. The first kappa shape index (κ1) is 17.7. The van der Waals surface area contributed by atoms with Gasteiger partial charge in [-0.3, -0.25) is 4.79 Å². The fourth-order valence-corrected chi connectivity index (χ4v) is 3.06. The van der Waals surface area contributed by atoms with E-state index < -0.39 is 0 Å². The van der Waals surface area contributed by atoms with Crippen LogP contribution in [-0.4, -0.2) is 29.2 Å². The Morgan fingerprint density at radius 1 is 1.26 bits per heavy atom. The zero-order valence-electron chi connectivity index (χ0n) is 14.9. The minimum atomic E-state index is -0.00328. The van der Waals surface area contributed by atoms with Gasteiger partial charge >= 0.3 is 0 Å². The van der Waals surface area contributed by atoms with Gasteiger partial charge in [0.05, 0.1) is 0 Å². The highest BCUT2D eigenvalue weighted by molar-refractivity contribution is 5.91. The Morgan fingerprint density at radius 3 is 2.48 bits per heavy atom. The minimum Gasteiger partial charge on any atom is -0.355 e. The van der Waals surface area contributed by atoms with Crippen molar-refractivity contribution in [1.29, 1.82) is 0 Å². The van der Waals surface area contributed by atoms with Crippen molar-refractivity contribution in [3.63, 3.8) is 0 Å². The summed E-state index contributed by atoms with van der Waals surface area (Å²) < 4.78 is 0. The second kappa shape index (κ2) is 8.27. The Hall–Kier alpha value is -1.65. The van der Waals surface area contributed by atoms with Crippen molar-refractivity contribution in [2.45, 2.75) is 53.4 Å². The van der Waals surface area contributed by atoms with Crippen molar-refractivity contribution in [3.05, 3.63) is 12.1 Å². The van der Waals surface area contributed by atoms with Crippen molar-refractivity contribution in [3.8, 4) is 0 Å². The van der Waals surface area contributed by atoms with Crippen molar-refractivity contribution in [2.24, 2.45) is 17.8 Å². The van der Waals surface area contributed by atoms with Crippen molar-refractivity contribution >= 4 is 17.5 Å². The summed E-state index contributed by atoms with van der Waals surface area (Å²) in [6.07, 6.45) is 4.60. The number of carbonyl (C=O) groups is 1. The quantitative estimate of drug-likeness (QED) is 0.868. The van der Waals surface area contributed by atoms with Crippen LogP contribution in [0, 0.1) is 17.8 Å². The molecule has 1 N–H and O–H groups in total. The first-order chi connectivity index (χ1) is 11.0. The summed E-state index contributed by atoms with van der Waals surface area (Å²) in [4.78, 5) is 14.2. The minimum absolute atomic E-state index is 0.00328. The molecule has 2 rings (SSSR count). The van der Waals surface area contributed by atoms with Crippen LogP contribution in [0.25, 0.3) is 0 Å². The highest BCUT2D eigenvalue weighted by atomic mass is 16.1. The molecule has 0 saturated carbocycles. The Morgan fingerprint density at radius 2 is 1.96 bits per heavy atom. The van der Waals surface area contributed by atoms with Crippen LogP contribution in [0.15, 0.2) is 12.1 Å². The van der Waals surface area contributed by atoms with Crippen LogP contribution < -0.4 is 10.2 Å². The molecular formula is C18H30N4O. The summed E-state index contributed by atoms with van der Waals surface area (Å²) >= 11 is 0. The average Bonchev–Trinajstić information content (AvgIpc) is 2.55. The predicted molar refractivity (Wildman–Crippen MR) is 94.5 cm³/mol. The van der Waals surface area contributed by atoms with Gasteiger partial charge in [0.2, 0.25) is 5.91 Å². The molecule has 1 fully saturated rings. The van der Waals surface area contributed by atoms with Crippen LogP contribution in [0.1, 0.15) is 53.4 Å². The number of aromatic nitrogens is 2. The molecule has 1 atom stereocenters. The number of nitrogens with one attached hydrogen (secondary N) is 1. The van der Waals surface area contributed by atoms with E-state index in [2.05, 4.69) is 34.3 Å². The lowest BCUT2D eigenvalue weighted by Crippen LogP contribution is -2.34. The zero-order valence-corrected chi connectivity index (χ0v) is 14.9. The van der Waals surface area contributed by atoms with Gasteiger partial charge in [-0.25, -0.2) is 0 Å². The highest BCUT2D eigenvalue weighted by Crippen LogP contribution is 2.26. The van der Waals surface area contributed by atoms with E-state index in [1.165, 1.54) is 19.3 Å². The molecule has 1 aromatic heterocycles. The molecule has 0 radical (unpaired) electrons. The Balaban J connectivity index is 1.87. The van der Waals surface area contributed by atoms with Crippen LogP contribution in [0.5, 0.6) is 0 Å². The summed E-state index contributed by atoms with van der Waals surface area (Å²) in [6, 6.07) is 3.81. The van der Waals surface area contributed by atoms with Gasteiger partial charge in [0.25, 0.3) is 0 Å². The predicted octanol–water partition coefficient (Wildman–Crippen LogP) is 3.72. The number of carbonyl (C=O) groups excluding carboxylic acids is 1. The summed E-state index contributed by atoms with van der Waals surface area (Å²) in [7, 11) is 0. The fourth-order valence-electron chi connectivity index (χ4n) is 3.06. The van der Waals surface area contributed by atoms with Crippen LogP contribution in [0.4, 0.5) is 11.6 Å². The molecule has 1 amide bonds. The van der Waals surface area contributed by atoms with Crippen molar-refractivity contribution < 1.29 is 4.79 Å².